The van der Waals surface area contributed by atoms with Crippen LogP contribution in [0.3, 0.4) is 0 Å². The fraction of sp³-hybridized carbons (Fsp3) is 0.333. The molecular formula is C18H20FNO2S. The molecule has 0 spiro atoms. The van der Waals surface area contributed by atoms with Crippen molar-refractivity contribution in [3.05, 3.63) is 65.5 Å². The molecule has 122 valence electrons. The Balaban J connectivity index is 2.00. The minimum absolute atomic E-state index is 0.195. The molecule has 0 radical (unpaired) electrons. The molecule has 0 aliphatic carbocycles. The number of halogens is 1. The van der Waals surface area contributed by atoms with E-state index in [0.29, 0.717) is 11.4 Å². The first-order valence-electron chi connectivity index (χ1n) is 7.73. The number of nitrogens with zero attached hydrogens (tertiary/aromatic N) is 1. The predicted molar refractivity (Wildman–Crippen MR) is 88.0 cm³/mol. The lowest BCUT2D eigenvalue weighted by atomic mass is 9.96. The summed E-state index contributed by atoms with van der Waals surface area (Å²) in [7, 11) is -3.56. The topological polar surface area (TPSA) is 37.4 Å². The zero-order valence-corrected chi connectivity index (χ0v) is 14.1. The highest BCUT2D eigenvalue weighted by Gasteiger charge is 2.40. The molecule has 0 bridgehead atoms. The second-order valence-electron chi connectivity index (χ2n) is 6.19. The van der Waals surface area contributed by atoms with E-state index in [9.17, 15) is 12.8 Å². The normalized spacial score (nSPS) is 22.4. The van der Waals surface area contributed by atoms with Gasteiger partial charge in [0.1, 0.15) is 5.82 Å². The van der Waals surface area contributed by atoms with Crippen molar-refractivity contribution in [1.82, 2.24) is 4.31 Å². The Morgan fingerprint density at radius 3 is 2.26 bits per heavy atom. The molecule has 2 aromatic carbocycles. The molecule has 1 aliphatic heterocycles. The Bertz CT molecular complexity index is 785. The summed E-state index contributed by atoms with van der Waals surface area (Å²) in [6.07, 6.45) is 0.799. The lowest BCUT2D eigenvalue weighted by molar-refractivity contribution is 0.356. The Labute approximate surface area is 136 Å². The fourth-order valence-corrected chi connectivity index (χ4v) is 4.91. The van der Waals surface area contributed by atoms with Crippen molar-refractivity contribution in [1.29, 1.82) is 0 Å². The summed E-state index contributed by atoms with van der Waals surface area (Å²) < 4.78 is 40.7. The molecular weight excluding hydrogens is 313 g/mol. The highest BCUT2D eigenvalue weighted by molar-refractivity contribution is 7.89. The van der Waals surface area contributed by atoms with Gasteiger partial charge in [-0.1, -0.05) is 36.8 Å². The van der Waals surface area contributed by atoms with Crippen LogP contribution in [0.25, 0.3) is 0 Å². The van der Waals surface area contributed by atoms with E-state index >= 15 is 0 Å². The van der Waals surface area contributed by atoms with E-state index in [1.165, 1.54) is 12.1 Å². The summed E-state index contributed by atoms with van der Waals surface area (Å²) in [4.78, 5) is 0.310. The van der Waals surface area contributed by atoms with Crippen LogP contribution in [0.15, 0.2) is 53.4 Å². The van der Waals surface area contributed by atoms with E-state index in [1.807, 2.05) is 13.8 Å². The lowest BCUT2D eigenvalue weighted by Crippen LogP contribution is -2.31. The van der Waals surface area contributed by atoms with Crippen LogP contribution in [-0.4, -0.2) is 19.3 Å². The van der Waals surface area contributed by atoms with Crippen LogP contribution in [0, 0.1) is 18.7 Å². The van der Waals surface area contributed by atoms with Crippen molar-refractivity contribution >= 4 is 10.0 Å². The van der Waals surface area contributed by atoms with Gasteiger partial charge in [0, 0.05) is 6.54 Å². The quantitative estimate of drug-likeness (QED) is 0.854. The SMILES string of the molecule is Cc1ccc(S(=O)(=O)N2CCC(C)C2c2ccc(F)cc2)cc1. The second-order valence-corrected chi connectivity index (χ2v) is 8.08. The number of aryl methyl sites for hydroxylation is 1. The van der Waals surface area contributed by atoms with Crippen LogP contribution in [0.4, 0.5) is 4.39 Å². The largest absolute Gasteiger partial charge is 0.243 e. The Morgan fingerprint density at radius 1 is 1.04 bits per heavy atom. The third kappa shape index (κ3) is 3.03. The third-order valence-corrected chi connectivity index (χ3v) is 6.39. The zero-order chi connectivity index (χ0) is 16.6. The van der Waals surface area contributed by atoms with Gasteiger partial charge in [0.15, 0.2) is 0 Å². The van der Waals surface area contributed by atoms with E-state index in [0.717, 1.165) is 17.5 Å². The van der Waals surface area contributed by atoms with E-state index in [2.05, 4.69) is 0 Å². The second kappa shape index (κ2) is 6.06. The maximum absolute atomic E-state index is 13.2. The van der Waals surface area contributed by atoms with Crippen LogP contribution >= 0.6 is 0 Å². The van der Waals surface area contributed by atoms with Gasteiger partial charge in [-0.25, -0.2) is 12.8 Å². The van der Waals surface area contributed by atoms with Gasteiger partial charge in [-0.2, -0.15) is 4.31 Å². The molecule has 1 saturated heterocycles. The van der Waals surface area contributed by atoms with Gasteiger partial charge in [0.2, 0.25) is 10.0 Å². The first-order chi connectivity index (χ1) is 10.9. The Kier molecular flexibility index (Phi) is 4.25. The molecule has 1 heterocycles. The van der Waals surface area contributed by atoms with E-state index in [-0.39, 0.29) is 17.8 Å². The summed E-state index contributed by atoms with van der Waals surface area (Å²) in [5, 5.41) is 0. The fourth-order valence-electron chi connectivity index (χ4n) is 3.18. The van der Waals surface area contributed by atoms with Gasteiger partial charge in [0.05, 0.1) is 10.9 Å². The number of benzene rings is 2. The standard InChI is InChI=1S/C18H20FNO2S/c1-13-3-9-17(10-4-13)23(21,22)20-12-11-14(2)18(20)15-5-7-16(19)8-6-15/h3-10,14,18H,11-12H2,1-2H3. The highest BCUT2D eigenvalue weighted by Crippen LogP contribution is 2.40. The molecule has 1 aliphatic rings. The molecule has 0 amide bonds. The molecule has 0 saturated carbocycles. The van der Waals surface area contributed by atoms with E-state index in [1.54, 1.807) is 40.7 Å². The van der Waals surface area contributed by atoms with Gasteiger partial charge >= 0.3 is 0 Å². The third-order valence-electron chi connectivity index (χ3n) is 4.49. The van der Waals surface area contributed by atoms with Gasteiger partial charge in [0.25, 0.3) is 0 Å². The molecule has 3 nitrogen and oxygen atoms in total. The molecule has 0 aromatic heterocycles. The molecule has 0 N–H and O–H groups in total. The van der Waals surface area contributed by atoms with Crippen LogP contribution in [-0.2, 0) is 10.0 Å². The minimum atomic E-state index is -3.56. The monoisotopic (exact) mass is 333 g/mol. The van der Waals surface area contributed by atoms with Crippen molar-refractivity contribution in [2.45, 2.75) is 31.2 Å². The van der Waals surface area contributed by atoms with Crippen LogP contribution in [0.5, 0.6) is 0 Å². The summed E-state index contributed by atoms with van der Waals surface area (Å²) >= 11 is 0. The molecule has 2 atom stereocenters. The molecule has 5 heteroatoms. The van der Waals surface area contributed by atoms with Gasteiger partial charge in [-0.15, -0.1) is 0 Å². The van der Waals surface area contributed by atoms with Crippen molar-refractivity contribution < 1.29 is 12.8 Å². The van der Waals surface area contributed by atoms with Crippen LogP contribution in [0.2, 0.25) is 0 Å². The van der Waals surface area contributed by atoms with Crippen LogP contribution < -0.4 is 0 Å². The van der Waals surface area contributed by atoms with Gasteiger partial charge < -0.3 is 0 Å². The summed E-state index contributed by atoms with van der Waals surface area (Å²) in [5.41, 5.74) is 1.86. The number of rotatable bonds is 3. The molecule has 2 unspecified atom stereocenters. The maximum Gasteiger partial charge on any atom is 0.243 e. The predicted octanol–water partition coefficient (Wildman–Crippen LogP) is 3.91. The smallest absolute Gasteiger partial charge is 0.207 e. The van der Waals surface area contributed by atoms with Crippen molar-refractivity contribution in [3.63, 3.8) is 0 Å². The van der Waals surface area contributed by atoms with Gasteiger partial charge in [-0.05, 0) is 49.1 Å². The zero-order valence-electron chi connectivity index (χ0n) is 13.2. The number of hydrogen-bond acceptors (Lipinski definition) is 2. The lowest BCUT2D eigenvalue weighted by Gasteiger charge is -2.27. The number of hydrogen-bond donors (Lipinski definition) is 0. The molecule has 23 heavy (non-hydrogen) atoms. The van der Waals surface area contributed by atoms with E-state index in [4.69, 9.17) is 0 Å². The molecule has 1 fully saturated rings. The first-order valence-corrected chi connectivity index (χ1v) is 9.17. The number of sulfonamides is 1. The average Bonchev–Trinajstić information content (AvgIpc) is 2.91. The summed E-state index contributed by atoms with van der Waals surface area (Å²) in [6.45, 7) is 4.45. The average molecular weight is 333 g/mol. The van der Waals surface area contributed by atoms with Crippen molar-refractivity contribution in [3.8, 4) is 0 Å². The summed E-state index contributed by atoms with van der Waals surface area (Å²) in [5.74, 6) is -0.118. The van der Waals surface area contributed by atoms with E-state index < -0.39 is 10.0 Å². The first kappa shape index (κ1) is 16.1. The van der Waals surface area contributed by atoms with Crippen molar-refractivity contribution in [2.75, 3.05) is 6.54 Å². The van der Waals surface area contributed by atoms with Crippen LogP contribution in [0.1, 0.15) is 30.5 Å². The molecule has 2 aromatic rings. The minimum Gasteiger partial charge on any atom is -0.207 e. The Morgan fingerprint density at radius 2 is 1.65 bits per heavy atom. The highest BCUT2D eigenvalue weighted by atomic mass is 32.2. The Hall–Kier alpha value is -1.72. The maximum atomic E-state index is 13.2. The molecule has 3 rings (SSSR count). The summed E-state index contributed by atoms with van der Waals surface area (Å²) in [6, 6.07) is 12.8. The van der Waals surface area contributed by atoms with Gasteiger partial charge in [-0.3, -0.25) is 0 Å². The van der Waals surface area contributed by atoms with Crippen molar-refractivity contribution in [2.24, 2.45) is 5.92 Å².